The minimum absolute atomic E-state index is 0.0361. The van der Waals surface area contributed by atoms with E-state index in [1.807, 2.05) is 0 Å². The van der Waals surface area contributed by atoms with E-state index in [-0.39, 0.29) is 32.3 Å². The van der Waals surface area contributed by atoms with Crippen LogP contribution < -0.4 is 4.74 Å². The fourth-order valence-corrected chi connectivity index (χ4v) is 2.47. The molecule has 0 bridgehead atoms. The number of nitro groups is 1. The van der Waals surface area contributed by atoms with Gasteiger partial charge in [0, 0.05) is 23.3 Å². The first-order chi connectivity index (χ1) is 12.1. The van der Waals surface area contributed by atoms with E-state index in [0.29, 0.717) is 28.0 Å². The largest absolute Gasteiger partial charge is 0.467 e. The highest BCUT2D eigenvalue weighted by atomic mass is 16.7. The van der Waals surface area contributed by atoms with Gasteiger partial charge in [0.1, 0.15) is 12.4 Å². The van der Waals surface area contributed by atoms with Gasteiger partial charge in [-0.2, -0.15) is 0 Å². The molecule has 8 nitrogen and oxygen atoms in total. The third kappa shape index (κ3) is 3.76. The van der Waals surface area contributed by atoms with Gasteiger partial charge in [0.2, 0.25) is 0 Å². The van der Waals surface area contributed by atoms with E-state index in [0.717, 1.165) is 0 Å². The van der Waals surface area contributed by atoms with E-state index in [1.165, 1.54) is 12.1 Å². The molecule has 3 rings (SSSR count). The van der Waals surface area contributed by atoms with Crippen molar-refractivity contribution in [2.45, 2.75) is 19.8 Å². The molecule has 0 saturated carbocycles. The maximum atomic E-state index is 12.1. The Balaban J connectivity index is 1.78. The number of hydrogen-bond donors (Lipinski definition) is 1. The smallest absolute Gasteiger partial charge is 0.338 e. The van der Waals surface area contributed by atoms with Crippen LogP contribution in [0.25, 0.3) is 0 Å². The van der Waals surface area contributed by atoms with Gasteiger partial charge in [-0.05, 0) is 17.7 Å². The number of aliphatic hydroxyl groups excluding tert-OH is 1. The first-order valence-electron chi connectivity index (χ1n) is 7.46. The van der Waals surface area contributed by atoms with Crippen LogP contribution in [-0.4, -0.2) is 22.8 Å². The molecule has 0 atom stereocenters. The molecule has 8 heteroatoms. The zero-order valence-electron chi connectivity index (χ0n) is 13.1. The van der Waals surface area contributed by atoms with Crippen molar-refractivity contribution < 1.29 is 29.0 Å². The molecule has 2 aromatic rings. The highest BCUT2D eigenvalue weighted by Gasteiger charge is 2.22. The molecule has 0 amide bonds. The zero-order valence-corrected chi connectivity index (χ0v) is 13.1. The molecule has 1 N–H and O–H groups in total. The summed E-state index contributed by atoms with van der Waals surface area (Å²) in [5.74, 6) is -0.128. The van der Waals surface area contributed by atoms with E-state index in [1.54, 1.807) is 24.3 Å². The van der Waals surface area contributed by atoms with Crippen LogP contribution in [-0.2, 0) is 29.3 Å². The molecule has 0 unspecified atom stereocenters. The van der Waals surface area contributed by atoms with Crippen LogP contribution in [0.15, 0.2) is 36.4 Å². The number of fused-ring (bicyclic) bond motifs is 1. The number of rotatable bonds is 5. The molecule has 1 aliphatic heterocycles. The maximum Gasteiger partial charge on any atom is 0.338 e. The fraction of sp³-hybridized carbons (Fsp3) is 0.235. The third-order valence-electron chi connectivity index (χ3n) is 3.71. The summed E-state index contributed by atoms with van der Waals surface area (Å²) in [6.07, 6.45) is 0. The summed E-state index contributed by atoms with van der Waals surface area (Å²) in [6.45, 7) is -0.0475. The summed E-state index contributed by atoms with van der Waals surface area (Å²) in [5.41, 5.74) is 1.83. The monoisotopic (exact) mass is 345 g/mol. The normalized spacial score (nSPS) is 12.8. The van der Waals surface area contributed by atoms with E-state index in [2.05, 4.69) is 0 Å². The molecule has 0 fully saturated rings. The number of non-ortho nitro benzene ring substituents is 1. The van der Waals surface area contributed by atoms with Gasteiger partial charge in [-0.3, -0.25) is 10.1 Å². The van der Waals surface area contributed by atoms with Crippen molar-refractivity contribution in [2.75, 3.05) is 6.79 Å². The maximum absolute atomic E-state index is 12.1. The lowest BCUT2D eigenvalue weighted by Crippen LogP contribution is -2.15. The Labute approximate surface area is 142 Å². The highest BCUT2D eigenvalue weighted by molar-refractivity contribution is 5.89. The van der Waals surface area contributed by atoms with Crippen molar-refractivity contribution in [3.63, 3.8) is 0 Å². The summed E-state index contributed by atoms with van der Waals surface area (Å²) in [5, 5.41) is 20.1. The SMILES string of the molecule is O=C(OCc1cc([N+](=O)[O-])cc2c1OCOC2)c1ccc(CO)cc1. The van der Waals surface area contributed by atoms with Crippen molar-refractivity contribution in [2.24, 2.45) is 0 Å². The molecule has 0 saturated heterocycles. The lowest BCUT2D eigenvalue weighted by Gasteiger charge is -2.20. The molecule has 25 heavy (non-hydrogen) atoms. The van der Waals surface area contributed by atoms with E-state index < -0.39 is 10.9 Å². The standard InChI is InChI=1S/C17H15NO7/c19-7-11-1-3-12(4-2-11)17(20)24-9-14-6-15(18(21)22)5-13-8-23-10-25-16(13)14/h1-6,19H,7-10H2. The lowest BCUT2D eigenvalue weighted by atomic mass is 10.1. The van der Waals surface area contributed by atoms with Crippen molar-refractivity contribution in [1.82, 2.24) is 0 Å². The van der Waals surface area contributed by atoms with Crippen molar-refractivity contribution in [1.29, 1.82) is 0 Å². The number of esters is 1. The van der Waals surface area contributed by atoms with Crippen LogP contribution in [0.5, 0.6) is 5.75 Å². The molecular weight excluding hydrogens is 330 g/mol. The van der Waals surface area contributed by atoms with Crippen LogP contribution in [0, 0.1) is 10.1 Å². The van der Waals surface area contributed by atoms with E-state index >= 15 is 0 Å². The third-order valence-corrected chi connectivity index (χ3v) is 3.71. The number of ether oxygens (including phenoxy) is 3. The molecule has 0 spiro atoms. The van der Waals surface area contributed by atoms with Gasteiger partial charge in [0.05, 0.1) is 23.7 Å². The molecule has 0 radical (unpaired) electrons. The van der Waals surface area contributed by atoms with Crippen LogP contribution in [0.1, 0.15) is 27.0 Å². The molecular formula is C17H15NO7. The van der Waals surface area contributed by atoms with Crippen molar-refractivity contribution >= 4 is 11.7 Å². The first kappa shape index (κ1) is 16.9. The molecule has 2 aromatic carbocycles. The van der Waals surface area contributed by atoms with Gasteiger partial charge in [-0.25, -0.2) is 4.79 Å². The molecule has 130 valence electrons. The predicted molar refractivity (Wildman–Crippen MR) is 84.9 cm³/mol. The molecule has 1 heterocycles. The summed E-state index contributed by atoms with van der Waals surface area (Å²) in [6, 6.07) is 9.03. The van der Waals surface area contributed by atoms with Crippen molar-refractivity contribution in [3.8, 4) is 5.75 Å². The Hall–Kier alpha value is -2.97. The number of hydrogen-bond acceptors (Lipinski definition) is 7. The number of aliphatic hydroxyl groups is 1. The Morgan fingerprint density at radius 2 is 2.04 bits per heavy atom. The molecule has 0 aliphatic carbocycles. The van der Waals surface area contributed by atoms with Gasteiger partial charge in [0.15, 0.2) is 6.79 Å². The molecule has 0 aromatic heterocycles. The average molecular weight is 345 g/mol. The number of carbonyl (C=O) groups excluding carboxylic acids is 1. The Kier molecular flexibility index (Phi) is 4.92. The minimum Gasteiger partial charge on any atom is -0.467 e. The Morgan fingerprint density at radius 1 is 1.28 bits per heavy atom. The number of nitro benzene ring substituents is 1. The predicted octanol–water partition coefficient (Wildman–Crippen LogP) is 2.31. The highest BCUT2D eigenvalue weighted by Crippen LogP contribution is 2.33. The van der Waals surface area contributed by atoms with Gasteiger partial charge in [-0.15, -0.1) is 0 Å². The van der Waals surface area contributed by atoms with Gasteiger partial charge < -0.3 is 19.3 Å². The first-order valence-corrected chi connectivity index (χ1v) is 7.46. The molecule has 1 aliphatic rings. The summed E-state index contributed by atoms with van der Waals surface area (Å²) in [4.78, 5) is 22.7. The van der Waals surface area contributed by atoms with E-state index in [9.17, 15) is 14.9 Å². The minimum atomic E-state index is -0.572. The lowest BCUT2D eigenvalue weighted by molar-refractivity contribution is -0.385. The summed E-state index contributed by atoms with van der Waals surface area (Å²) in [7, 11) is 0. The quantitative estimate of drug-likeness (QED) is 0.503. The second-order valence-electron chi connectivity index (χ2n) is 5.39. The average Bonchev–Trinajstić information content (AvgIpc) is 2.65. The topological polar surface area (TPSA) is 108 Å². The zero-order chi connectivity index (χ0) is 17.8. The number of nitrogens with zero attached hydrogens (tertiary/aromatic N) is 1. The second-order valence-corrected chi connectivity index (χ2v) is 5.39. The Morgan fingerprint density at radius 3 is 2.72 bits per heavy atom. The fourth-order valence-electron chi connectivity index (χ4n) is 2.47. The van der Waals surface area contributed by atoms with Gasteiger partial charge in [-0.1, -0.05) is 12.1 Å². The van der Waals surface area contributed by atoms with Crippen LogP contribution >= 0.6 is 0 Å². The Bertz CT molecular complexity index is 801. The second kappa shape index (κ2) is 7.29. The van der Waals surface area contributed by atoms with Gasteiger partial charge in [0.25, 0.3) is 5.69 Å². The van der Waals surface area contributed by atoms with Crippen molar-refractivity contribution in [3.05, 3.63) is 68.8 Å². The van der Waals surface area contributed by atoms with E-state index in [4.69, 9.17) is 19.3 Å². The van der Waals surface area contributed by atoms with Crippen LogP contribution in [0.4, 0.5) is 5.69 Å². The number of benzene rings is 2. The summed E-state index contributed by atoms with van der Waals surface area (Å²) < 4.78 is 15.8. The number of carbonyl (C=O) groups is 1. The van der Waals surface area contributed by atoms with Crippen LogP contribution in [0.2, 0.25) is 0 Å². The summed E-state index contributed by atoms with van der Waals surface area (Å²) >= 11 is 0. The van der Waals surface area contributed by atoms with Crippen LogP contribution in [0.3, 0.4) is 0 Å². The van der Waals surface area contributed by atoms with Gasteiger partial charge >= 0.3 is 5.97 Å².